The number of benzene rings is 1. The predicted molar refractivity (Wildman–Crippen MR) is 86.9 cm³/mol. The van der Waals surface area contributed by atoms with E-state index in [0.29, 0.717) is 34.4 Å². The number of alkyl halides is 3. The first-order chi connectivity index (χ1) is 12.3. The summed E-state index contributed by atoms with van der Waals surface area (Å²) in [5.74, 6) is 3.86. The monoisotopic (exact) mass is 385 g/mol. The van der Waals surface area contributed by atoms with E-state index in [2.05, 4.69) is 10.2 Å². The molecule has 0 radical (unpaired) electrons. The molecule has 26 heavy (non-hydrogen) atoms. The minimum atomic E-state index is -4.66. The number of rotatable bonds is 6. The quantitative estimate of drug-likeness (QED) is 0.355. The molecular formula is C15H14F3N5O2S. The van der Waals surface area contributed by atoms with Crippen molar-refractivity contribution in [3.05, 3.63) is 41.2 Å². The van der Waals surface area contributed by atoms with Gasteiger partial charge in [0.2, 0.25) is 5.16 Å². The van der Waals surface area contributed by atoms with E-state index in [1.165, 1.54) is 4.90 Å². The number of amides is 2. The van der Waals surface area contributed by atoms with Crippen LogP contribution in [0.3, 0.4) is 0 Å². The number of imide groups is 1. The molecule has 0 saturated heterocycles. The number of unbranched alkanes of at least 4 members (excludes halogenated alkanes) is 1. The van der Waals surface area contributed by atoms with Crippen LogP contribution < -0.4 is 5.84 Å². The molecule has 1 aromatic carbocycles. The van der Waals surface area contributed by atoms with Crippen molar-refractivity contribution in [2.24, 2.45) is 0 Å². The number of carbonyl (C=O) groups is 2. The molecule has 3 rings (SSSR count). The first-order valence-electron chi connectivity index (χ1n) is 7.66. The molecule has 0 spiro atoms. The number of aromatic nitrogens is 3. The summed E-state index contributed by atoms with van der Waals surface area (Å²) in [6, 6.07) is 6.61. The van der Waals surface area contributed by atoms with Crippen LogP contribution in [0.2, 0.25) is 0 Å². The minimum Gasteiger partial charge on any atom is -0.335 e. The Bertz CT molecular complexity index is 817. The molecule has 0 aliphatic carbocycles. The minimum absolute atomic E-state index is 0.0435. The summed E-state index contributed by atoms with van der Waals surface area (Å²) in [5, 5.41) is 6.41. The Morgan fingerprint density at radius 1 is 1.04 bits per heavy atom. The molecule has 0 fully saturated rings. The van der Waals surface area contributed by atoms with E-state index in [-0.39, 0.29) is 23.5 Å². The number of nitrogen functional groups attached to an aromatic ring is 1. The van der Waals surface area contributed by atoms with Gasteiger partial charge in [0.15, 0.2) is 0 Å². The predicted octanol–water partition coefficient (Wildman–Crippen LogP) is 2.18. The normalized spacial score (nSPS) is 14.2. The fourth-order valence-electron chi connectivity index (χ4n) is 2.55. The third kappa shape index (κ3) is 3.39. The van der Waals surface area contributed by atoms with Gasteiger partial charge in [-0.1, -0.05) is 23.9 Å². The molecule has 1 aliphatic heterocycles. The number of nitrogens with zero attached hydrogens (tertiary/aromatic N) is 4. The molecule has 11 heteroatoms. The molecule has 0 unspecified atom stereocenters. The average Bonchev–Trinajstić information content (AvgIpc) is 3.08. The molecule has 7 nitrogen and oxygen atoms in total. The molecular weight excluding hydrogens is 371 g/mol. The van der Waals surface area contributed by atoms with Gasteiger partial charge >= 0.3 is 6.18 Å². The Hall–Kier alpha value is -2.56. The van der Waals surface area contributed by atoms with E-state index >= 15 is 0 Å². The second-order valence-corrected chi connectivity index (χ2v) is 6.60. The highest BCUT2D eigenvalue weighted by molar-refractivity contribution is 7.99. The lowest BCUT2D eigenvalue weighted by Crippen LogP contribution is -2.30. The van der Waals surface area contributed by atoms with Crippen LogP contribution in [-0.4, -0.2) is 43.9 Å². The second kappa shape index (κ2) is 6.98. The van der Waals surface area contributed by atoms with Gasteiger partial charge in [-0.25, -0.2) is 4.68 Å². The Balaban J connectivity index is 1.48. The summed E-state index contributed by atoms with van der Waals surface area (Å²) in [4.78, 5) is 25.6. The Labute approximate surface area is 150 Å². The van der Waals surface area contributed by atoms with Gasteiger partial charge in [0.25, 0.3) is 17.6 Å². The fraction of sp³-hybridized carbons (Fsp3) is 0.333. The topological polar surface area (TPSA) is 94.1 Å². The maximum absolute atomic E-state index is 12.6. The van der Waals surface area contributed by atoms with Crippen LogP contribution in [-0.2, 0) is 6.18 Å². The Morgan fingerprint density at radius 2 is 1.65 bits per heavy atom. The van der Waals surface area contributed by atoms with Crippen LogP contribution in [0.5, 0.6) is 0 Å². The highest BCUT2D eigenvalue weighted by Gasteiger charge is 2.38. The van der Waals surface area contributed by atoms with Crippen molar-refractivity contribution in [2.75, 3.05) is 18.1 Å². The van der Waals surface area contributed by atoms with E-state index < -0.39 is 12.0 Å². The molecule has 1 aromatic heterocycles. The van der Waals surface area contributed by atoms with Crippen molar-refractivity contribution in [1.82, 2.24) is 19.8 Å². The van der Waals surface area contributed by atoms with Gasteiger partial charge < -0.3 is 5.84 Å². The number of carbonyl (C=O) groups excluding carboxylic acids is 2. The van der Waals surface area contributed by atoms with Gasteiger partial charge in [-0.3, -0.25) is 14.5 Å². The van der Waals surface area contributed by atoms with E-state index in [0.717, 1.165) is 11.8 Å². The summed E-state index contributed by atoms with van der Waals surface area (Å²) >= 11 is 1.03. The molecule has 0 atom stereocenters. The first kappa shape index (κ1) is 18.2. The molecule has 1 aliphatic rings. The van der Waals surface area contributed by atoms with Crippen molar-refractivity contribution >= 4 is 23.6 Å². The maximum Gasteiger partial charge on any atom is 0.453 e. The van der Waals surface area contributed by atoms with Gasteiger partial charge in [-0.05, 0) is 25.0 Å². The van der Waals surface area contributed by atoms with Crippen molar-refractivity contribution in [2.45, 2.75) is 24.2 Å². The highest BCUT2D eigenvalue weighted by atomic mass is 32.2. The van der Waals surface area contributed by atoms with E-state index in [1.807, 2.05) is 0 Å². The van der Waals surface area contributed by atoms with Crippen molar-refractivity contribution in [3.63, 3.8) is 0 Å². The van der Waals surface area contributed by atoms with Crippen LogP contribution in [0, 0.1) is 0 Å². The maximum atomic E-state index is 12.6. The molecule has 138 valence electrons. The smallest absolute Gasteiger partial charge is 0.335 e. The summed E-state index contributed by atoms with van der Waals surface area (Å²) in [6.45, 7) is 0.246. The zero-order valence-corrected chi connectivity index (χ0v) is 14.2. The van der Waals surface area contributed by atoms with E-state index in [4.69, 9.17) is 5.84 Å². The Kier molecular flexibility index (Phi) is 4.90. The van der Waals surface area contributed by atoms with Gasteiger partial charge in [0.1, 0.15) is 0 Å². The lowest BCUT2D eigenvalue weighted by Gasteiger charge is -2.13. The molecule has 0 saturated carbocycles. The number of hydrogen-bond acceptors (Lipinski definition) is 6. The Morgan fingerprint density at radius 3 is 2.19 bits per heavy atom. The van der Waals surface area contributed by atoms with Crippen LogP contribution in [0.1, 0.15) is 39.4 Å². The first-order valence-corrected chi connectivity index (χ1v) is 8.65. The number of halogens is 3. The van der Waals surface area contributed by atoms with E-state index in [9.17, 15) is 22.8 Å². The van der Waals surface area contributed by atoms with Gasteiger partial charge in [-0.2, -0.15) is 13.2 Å². The SMILES string of the molecule is Nn1c(SCCCCN2C(=O)c3ccccc3C2=O)nnc1C(F)(F)F. The molecule has 2 N–H and O–H groups in total. The van der Waals surface area contributed by atoms with Crippen molar-refractivity contribution in [3.8, 4) is 0 Å². The number of nitrogens with two attached hydrogens (primary N) is 1. The fourth-order valence-corrected chi connectivity index (χ4v) is 3.40. The van der Waals surface area contributed by atoms with Crippen molar-refractivity contribution < 1.29 is 22.8 Å². The van der Waals surface area contributed by atoms with Gasteiger partial charge in [-0.15, -0.1) is 10.2 Å². The second-order valence-electron chi connectivity index (χ2n) is 5.54. The number of fused-ring (bicyclic) bond motifs is 1. The summed E-state index contributed by atoms with van der Waals surface area (Å²) in [5.41, 5.74) is 0.783. The molecule has 0 bridgehead atoms. The zero-order chi connectivity index (χ0) is 18.9. The lowest BCUT2D eigenvalue weighted by atomic mass is 10.1. The van der Waals surface area contributed by atoms with Crippen LogP contribution in [0.15, 0.2) is 29.4 Å². The largest absolute Gasteiger partial charge is 0.453 e. The lowest BCUT2D eigenvalue weighted by molar-refractivity contribution is -0.146. The highest BCUT2D eigenvalue weighted by Crippen LogP contribution is 2.29. The van der Waals surface area contributed by atoms with Crippen LogP contribution in [0.4, 0.5) is 13.2 Å². The molecule has 2 heterocycles. The van der Waals surface area contributed by atoms with Gasteiger partial charge in [0, 0.05) is 12.3 Å². The number of thioether (sulfide) groups is 1. The molecule has 2 amide bonds. The summed E-state index contributed by atoms with van der Waals surface area (Å²) < 4.78 is 38.2. The van der Waals surface area contributed by atoms with Crippen molar-refractivity contribution in [1.29, 1.82) is 0 Å². The standard InChI is InChI=1S/C15H14F3N5O2S/c16-15(17,18)13-20-21-14(23(13)19)26-8-4-3-7-22-11(24)9-5-1-2-6-10(9)12(22)25/h1-2,5-6H,3-4,7-8,19H2. The van der Waals surface area contributed by atoms with Crippen LogP contribution >= 0.6 is 11.8 Å². The third-order valence-corrected chi connectivity index (χ3v) is 4.83. The zero-order valence-electron chi connectivity index (χ0n) is 13.4. The van der Waals surface area contributed by atoms with Crippen LogP contribution in [0.25, 0.3) is 0 Å². The van der Waals surface area contributed by atoms with Gasteiger partial charge in [0.05, 0.1) is 11.1 Å². The average molecular weight is 385 g/mol. The summed E-state index contributed by atoms with van der Waals surface area (Å²) in [7, 11) is 0. The summed E-state index contributed by atoms with van der Waals surface area (Å²) in [6.07, 6.45) is -3.58. The third-order valence-electron chi connectivity index (χ3n) is 3.80. The number of hydrogen-bond donors (Lipinski definition) is 1. The molecule has 2 aromatic rings. The van der Waals surface area contributed by atoms with E-state index in [1.54, 1.807) is 24.3 Å².